The molecule has 0 aliphatic carbocycles. The Kier molecular flexibility index (Phi) is 3.83. The van der Waals surface area contributed by atoms with E-state index in [-0.39, 0.29) is 5.82 Å². The second-order valence-corrected chi connectivity index (χ2v) is 5.09. The summed E-state index contributed by atoms with van der Waals surface area (Å²) in [6, 6.07) is 6.81. The Hall–Kier alpha value is -1.60. The van der Waals surface area contributed by atoms with Crippen molar-refractivity contribution in [2.24, 2.45) is 5.92 Å². The minimum Gasteiger partial charge on any atom is -0.380 e. The van der Waals surface area contributed by atoms with Crippen LogP contribution in [0.5, 0.6) is 0 Å². The van der Waals surface area contributed by atoms with E-state index in [9.17, 15) is 4.39 Å². The van der Waals surface area contributed by atoms with Crippen molar-refractivity contribution in [2.75, 3.05) is 25.5 Å². The third-order valence-corrected chi connectivity index (χ3v) is 3.55. The molecular weight excluding hydrogens is 229 g/mol. The molecule has 1 saturated heterocycles. The zero-order valence-corrected chi connectivity index (χ0v) is 10.8. The topological polar surface area (TPSA) is 39.1 Å². The van der Waals surface area contributed by atoms with Crippen LogP contribution in [0.4, 0.5) is 10.1 Å². The zero-order valence-electron chi connectivity index (χ0n) is 10.8. The van der Waals surface area contributed by atoms with Crippen LogP contribution >= 0.6 is 0 Å². The fourth-order valence-corrected chi connectivity index (χ4v) is 2.47. The molecule has 1 fully saturated rings. The van der Waals surface area contributed by atoms with E-state index in [1.165, 1.54) is 6.07 Å². The van der Waals surface area contributed by atoms with E-state index in [1.54, 1.807) is 12.1 Å². The Morgan fingerprint density at radius 2 is 2.28 bits per heavy atom. The number of nitrogens with zero attached hydrogens (tertiary/aromatic N) is 2. The normalized spacial score (nSPS) is 24.6. The van der Waals surface area contributed by atoms with Gasteiger partial charge in [0.1, 0.15) is 5.82 Å². The maximum absolute atomic E-state index is 13.8. The Balaban J connectivity index is 2.08. The first kappa shape index (κ1) is 12.8. The van der Waals surface area contributed by atoms with Crippen LogP contribution in [0.25, 0.3) is 0 Å². The molecule has 0 radical (unpaired) electrons. The summed E-state index contributed by atoms with van der Waals surface area (Å²) in [5.41, 5.74) is 0.852. The molecule has 0 aromatic heterocycles. The van der Waals surface area contributed by atoms with Gasteiger partial charge in [-0.05, 0) is 44.1 Å². The summed E-state index contributed by atoms with van der Waals surface area (Å²) in [7, 11) is 2.11. The van der Waals surface area contributed by atoms with Crippen LogP contribution in [0.3, 0.4) is 0 Å². The van der Waals surface area contributed by atoms with Gasteiger partial charge >= 0.3 is 0 Å². The molecule has 2 rings (SSSR count). The highest BCUT2D eigenvalue weighted by atomic mass is 19.1. The number of piperidine rings is 1. The number of rotatable bonds is 2. The molecule has 4 heteroatoms. The molecule has 2 unspecified atom stereocenters. The van der Waals surface area contributed by atoms with E-state index in [0.29, 0.717) is 23.2 Å². The van der Waals surface area contributed by atoms with Crippen molar-refractivity contribution < 1.29 is 4.39 Å². The van der Waals surface area contributed by atoms with Gasteiger partial charge in [0.15, 0.2) is 0 Å². The lowest BCUT2D eigenvalue weighted by molar-refractivity contribution is 0.206. The molecule has 1 aliphatic rings. The molecule has 96 valence electrons. The predicted molar refractivity (Wildman–Crippen MR) is 69.8 cm³/mol. The lowest BCUT2D eigenvalue weighted by Gasteiger charge is -2.35. The third-order valence-electron chi connectivity index (χ3n) is 3.55. The van der Waals surface area contributed by atoms with Gasteiger partial charge < -0.3 is 10.2 Å². The van der Waals surface area contributed by atoms with Gasteiger partial charge in [-0.15, -0.1) is 0 Å². The van der Waals surface area contributed by atoms with E-state index in [0.717, 1.165) is 19.5 Å². The van der Waals surface area contributed by atoms with E-state index in [4.69, 9.17) is 5.26 Å². The molecule has 2 atom stereocenters. The molecule has 1 heterocycles. The Labute approximate surface area is 107 Å². The molecule has 1 aliphatic heterocycles. The number of likely N-dealkylation sites (tertiary alicyclic amines) is 1. The molecule has 1 N–H and O–H groups in total. The third kappa shape index (κ3) is 2.80. The molecular formula is C14H18FN3. The van der Waals surface area contributed by atoms with Gasteiger partial charge in [0.25, 0.3) is 0 Å². The maximum atomic E-state index is 13.8. The maximum Gasteiger partial charge on any atom is 0.147 e. The first-order valence-electron chi connectivity index (χ1n) is 6.25. The minimum atomic E-state index is -0.347. The van der Waals surface area contributed by atoms with Crippen LogP contribution in [0.1, 0.15) is 18.9 Å². The minimum absolute atomic E-state index is 0.295. The lowest BCUT2D eigenvalue weighted by atomic mass is 9.94. The summed E-state index contributed by atoms with van der Waals surface area (Å²) in [4.78, 5) is 2.29. The number of nitrogens with one attached hydrogen (secondary N) is 1. The number of hydrogen-bond donors (Lipinski definition) is 1. The van der Waals surface area contributed by atoms with E-state index in [2.05, 4.69) is 24.2 Å². The molecule has 18 heavy (non-hydrogen) atoms. The summed E-state index contributed by atoms with van der Waals surface area (Å²) < 4.78 is 13.8. The zero-order chi connectivity index (χ0) is 13.1. The number of hydrogen-bond acceptors (Lipinski definition) is 3. The van der Waals surface area contributed by atoms with Gasteiger partial charge in [-0.25, -0.2) is 4.39 Å². The highest BCUT2D eigenvalue weighted by molar-refractivity contribution is 5.49. The molecule has 0 bridgehead atoms. The highest BCUT2D eigenvalue weighted by Crippen LogP contribution is 2.22. The average molecular weight is 247 g/mol. The fourth-order valence-electron chi connectivity index (χ4n) is 2.47. The van der Waals surface area contributed by atoms with Crippen LogP contribution in [-0.2, 0) is 0 Å². The highest BCUT2D eigenvalue weighted by Gasteiger charge is 2.24. The van der Waals surface area contributed by atoms with Crippen molar-refractivity contribution in [2.45, 2.75) is 19.4 Å². The SMILES string of the molecule is CC1CN(C)CCC1Nc1ccc(C#N)cc1F. The first-order chi connectivity index (χ1) is 8.60. The Morgan fingerprint density at radius 1 is 1.50 bits per heavy atom. The van der Waals surface area contributed by atoms with Crippen LogP contribution in [-0.4, -0.2) is 31.1 Å². The van der Waals surface area contributed by atoms with Crippen LogP contribution in [0.2, 0.25) is 0 Å². The summed E-state index contributed by atoms with van der Waals surface area (Å²) in [6.45, 7) is 4.23. The van der Waals surface area contributed by atoms with Gasteiger partial charge in [-0.3, -0.25) is 0 Å². The molecule has 1 aromatic rings. The van der Waals surface area contributed by atoms with Crippen molar-refractivity contribution in [1.29, 1.82) is 5.26 Å². The molecule has 0 saturated carbocycles. The number of halogens is 1. The van der Waals surface area contributed by atoms with Gasteiger partial charge in [-0.1, -0.05) is 6.92 Å². The van der Waals surface area contributed by atoms with Gasteiger partial charge in [0.2, 0.25) is 0 Å². The van der Waals surface area contributed by atoms with Gasteiger partial charge in [-0.2, -0.15) is 5.26 Å². The quantitative estimate of drug-likeness (QED) is 0.872. The summed E-state index contributed by atoms with van der Waals surface area (Å²) in [5, 5.41) is 12.0. The van der Waals surface area contributed by atoms with Crippen LogP contribution in [0.15, 0.2) is 18.2 Å². The van der Waals surface area contributed by atoms with Crippen LogP contribution < -0.4 is 5.32 Å². The lowest BCUT2D eigenvalue weighted by Crippen LogP contribution is -2.43. The van der Waals surface area contributed by atoms with E-state index >= 15 is 0 Å². The fraction of sp³-hybridized carbons (Fsp3) is 0.500. The van der Waals surface area contributed by atoms with E-state index in [1.807, 2.05) is 6.07 Å². The van der Waals surface area contributed by atoms with Gasteiger partial charge in [0.05, 0.1) is 17.3 Å². The molecule has 1 aromatic carbocycles. The van der Waals surface area contributed by atoms with Crippen molar-refractivity contribution in [1.82, 2.24) is 4.90 Å². The van der Waals surface area contributed by atoms with E-state index < -0.39 is 0 Å². The van der Waals surface area contributed by atoms with Gasteiger partial charge in [0, 0.05) is 12.6 Å². The standard InChI is InChI=1S/C14H18FN3/c1-10-9-18(2)6-5-13(10)17-14-4-3-11(8-16)7-12(14)15/h3-4,7,10,13,17H,5-6,9H2,1-2H3. The Morgan fingerprint density at radius 3 is 2.89 bits per heavy atom. The van der Waals surface area contributed by atoms with Crippen molar-refractivity contribution in [3.8, 4) is 6.07 Å². The second-order valence-electron chi connectivity index (χ2n) is 5.09. The number of anilines is 1. The summed E-state index contributed by atoms with van der Waals surface area (Å²) in [5.74, 6) is 0.138. The second kappa shape index (κ2) is 5.36. The smallest absolute Gasteiger partial charge is 0.147 e. The molecule has 0 amide bonds. The van der Waals surface area contributed by atoms with Crippen molar-refractivity contribution >= 4 is 5.69 Å². The summed E-state index contributed by atoms with van der Waals surface area (Å²) in [6.07, 6.45) is 1.01. The number of nitriles is 1. The molecule has 3 nitrogen and oxygen atoms in total. The largest absolute Gasteiger partial charge is 0.380 e. The predicted octanol–water partition coefficient (Wildman–Crippen LogP) is 2.45. The average Bonchev–Trinajstić information content (AvgIpc) is 2.34. The summed E-state index contributed by atoms with van der Waals surface area (Å²) >= 11 is 0. The Bertz CT molecular complexity index is 467. The number of benzene rings is 1. The first-order valence-corrected chi connectivity index (χ1v) is 6.25. The van der Waals surface area contributed by atoms with Crippen LogP contribution in [0, 0.1) is 23.1 Å². The monoisotopic (exact) mass is 247 g/mol. The van der Waals surface area contributed by atoms with Crippen molar-refractivity contribution in [3.63, 3.8) is 0 Å². The van der Waals surface area contributed by atoms with Crippen molar-refractivity contribution in [3.05, 3.63) is 29.6 Å². The molecule has 0 spiro atoms.